The zero-order chi connectivity index (χ0) is 10.8. The van der Waals surface area contributed by atoms with E-state index >= 15 is 0 Å². The smallest absolute Gasteiger partial charge is 0.319 e. The molecule has 15 heavy (non-hydrogen) atoms. The van der Waals surface area contributed by atoms with Gasteiger partial charge in [-0.25, -0.2) is 4.98 Å². The van der Waals surface area contributed by atoms with Crippen molar-refractivity contribution in [3.63, 3.8) is 0 Å². The first kappa shape index (κ1) is 10.5. The number of hydrogen-bond acceptors (Lipinski definition) is 5. The number of thioether (sulfide) groups is 1. The number of nitrogens with zero attached hydrogens (tertiary/aromatic N) is 2. The van der Waals surface area contributed by atoms with Gasteiger partial charge in [0, 0.05) is 12.3 Å². The Morgan fingerprint density at radius 2 is 2.40 bits per heavy atom. The standard InChI is InChI=1S/C9H13N3O2S/c1-5(2)7-10-9(12-11-7)15-6-3-4-14-8(6)13/h5-6H,3-4H2,1-2H3,(H,10,11,12)/t6-/m0/s1. The second-order valence-electron chi connectivity index (χ2n) is 3.72. The fraction of sp³-hybridized carbons (Fsp3) is 0.667. The van der Waals surface area contributed by atoms with E-state index in [1.54, 1.807) is 0 Å². The molecule has 0 amide bonds. The number of esters is 1. The fourth-order valence-corrected chi connectivity index (χ4v) is 2.16. The number of nitrogens with one attached hydrogen (secondary N) is 1. The molecule has 5 nitrogen and oxygen atoms in total. The first-order chi connectivity index (χ1) is 7.16. The van der Waals surface area contributed by atoms with Crippen LogP contribution in [0.15, 0.2) is 5.16 Å². The van der Waals surface area contributed by atoms with Gasteiger partial charge in [-0.05, 0) is 0 Å². The molecule has 2 heterocycles. The van der Waals surface area contributed by atoms with Gasteiger partial charge in [-0.1, -0.05) is 25.6 Å². The minimum atomic E-state index is -0.157. The monoisotopic (exact) mass is 227 g/mol. The fourth-order valence-electron chi connectivity index (χ4n) is 1.28. The quantitative estimate of drug-likeness (QED) is 0.789. The Hall–Kier alpha value is -1.04. The van der Waals surface area contributed by atoms with Gasteiger partial charge in [0.25, 0.3) is 0 Å². The summed E-state index contributed by atoms with van der Waals surface area (Å²) in [4.78, 5) is 15.5. The number of aromatic amines is 1. The zero-order valence-corrected chi connectivity index (χ0v) is 9.50. The maximum atomic E-state index is 11.2. The van der Waals surface area contributed by atoms with Crippen molar-refractivity contribution < 1.29 is 9.53 Å². The number of ether oxygens (including phenoxy) is 1. The minimum absolute atomic E-state index is 0.138. The maximum absolute atomic E-state index is 11.2. The molecule has 2 rings (SSSR count). The van der Waals surface area contributed by atoms with E-state index in [4.69, 9.17) is 4.74 Å². The average molecular weight is 227 g/mol. The van der Waals surface area contributed by atoms with Gasteiger partial charge in [0.05, 0.1) is 6.61 Å². The lowest BCUT2D eigenvalue weighted by Crippen LogP contribution is -2.09. The molecule has 0 spiro atoms. The molecule has 0 radical (unpaired) electrons. The topological polar surface area (TPSA) is 67.9 Å². The van der Waals surface area contributed by atoms with Crippen molar-refractivity contribution in [1.29, 1.82) is 0 Å². The molecule has 1 atom stereocenters. The summed E-state index contributed by atoms with van der Waals surface area (Å²) in [6, 6.07) is 0. The van der Waals surface area contributed by atoms with Crippen LogP contribution in [0, 0.1) is 0 Å². The number of cyclic esters (lactones) is 1. The van der Waals surface area contributed by atoms with Gasteiger partial charge in [0.2, 0.25) is 5.16 Å². The Balaban J connectivity index is 2.01. The lowest BCUT2D eigenvalue weighted by molar-refractivity contribution is -0.137. The summed E-state index contributed by atoms with van der Waals surface area (Å²) >= 11 is 1.37. The normalized spacial score (nSPS) is 21.0. The van der Waals surface area contributed by atoms with Gasteiger partial charge in [0.15, 0.2) is 0 Å². The van der Waals surface area contributed by atoms with Crippen molar-refractivity contribution in [1.82, 2.24) is 15.2 Å². The first-order valence-corrected chi connectivity index (χ1v) is 5.80. The summed E-state index contributed by atoms with van der Waals surface area (Å²) in [5, 5.41) is 7.40. The minimum Gasteiger partial charge on any atom is -0.465 e. The lowest BCUT2D eigenvalue weighted by Gasteiger charge is -1.99. The van der Waals surface area contributed by atoms with Gasteiger partial charge in [-0.15, -0.1) is 5.10 Å². The summed E-state index contributed by atoms with van der Waals surface area (Å²) in [6.07, 6.45) is 0.745. The van der Waals surface area contributed by atoms with Gasteiger partial charge in [-0.2, -0.15) is 0 Å². The van der Waals surface area contributed by atoms with Crippen LogP contribution in [-0.4, -0.2) is 33.0 Å². The summed E-state index contributed by atoms with van der Waals surface area (Å²) in [5.74, 6) is 1.02. The van der Waals surface area contributed by atoms with E-state index in [0.29, 0.717) is 17.7 Å². The van der Waals surface area contributed by atoms with E-state index in [-0.39, 0.29) is 11.2 Å². The second-order valence-corrected chi connectivity index (χ2v) is 4.89. The largest absolute Gasteiger partial charge is 0.465 e. The maximum Gasteiger partial charge on any atom is 0.319 e. The predicted molar refractivity (Wildman–Crippen MR) is 55.7 cm³/mol. The molecule has 82 valence electrons. The number of rotatable bonds is 3. The highest BCUT2D eigenvalue weighted by Crippen LogP contribution is 2.27. The molecule has 0 aliphatic carbocycles. The molecule has 1 N–H and O–H groups in total. The third-order valence-electron chi connectivity index (χ3n) is 2.16. The van der Waals surface area contributed by atoms with Crippen molar-refractivity contribution in [2.75, 3.05) is 6.61 Å². The van der Waals surface area contributed by atoms with E-state index in [1.165, 1.54) is 11.8 Å². The molecule has 1 aromatic heterocycles. The van der Waals surface area contributed by atoms with Gasteiger partial charge >= 0.3 is 5.97 Å². The molecule has 0 aromatic carbocycles. The van der Waals surface area contributed by atoms with Crippen LogP contribution in [0.3, 0.4) is 0 Å². The molecule has 0 bridgehead atoms. The van der Waals surface area contributed by atoms with Crippen LogP contribution >= 0.6 is 11.8 Å². The molecule has 1 aliphatic heterocycles. The Kier molecular flexibility index (Phi) is 2.95. The average Bonchev–Trinajstić information content (AvgIpc) is 2.77. The van der Waals surface area contributed by atoms with Crippen LogP contribution in [0.5, 0.6) is 0 Å². The summed E-state index contributed by atoms with van der Waals surface area (Å²) < 4.78 is 4.87. The number of carbonyl (C=O) groups excluding carboxylic acids is 1. The number of H-pyrrole nitrogens is 1. The van der Waals surface area contributed by atoms with Crippen LogP contribution in [0.2, 0.25) is 0 Å². The molecular formula is C9H13N3O2S. The molecule has 1 saturated heterocycles. The number of aromatic nitrogens is 3. The molecule has 1 aliphatic rings. The van der Waals surface area contributed by atoms with Crippen molar-refractivity contribution in [2.24, 2.45) is 0 Å². The Bertz CT molecular complexity index is 364. The molecule has 0 saturated carbocycles. The predicted octanol–water partition coefficient (Wildman–Crippen LogP) is 1.34. The van der Waals surface area contributed by atoms with Crippen molar-refractivity contribution >= 4 is 17.7 Å². The van der Waals surface area contributed by atoms with E-state index in [9.17, 15) is 4.79 Å². The number of hydrogen-bond donors (Lipinski definition) is 1. The van der Waals surface area contributed by atoms with Crippen LogP contribution in [0.1, 0.15) is 32.0 Å². The lowest BCUT2D eigenvalue weighted by atomic mass is 10.2. The van der Waals surface area contributed by atoms with Crippen LogP contribution < -0.4 is 0 Å². The molecule has 1 aromatic rings. The first-order valence-electron chi connectivity index (χ1n) is 4.92. The van der Waals surface area contributed by atoms with Crippen molar-refractivity contribution in [2.45, 2.75) is 36.6 Å². The van der Waals surface area contributed by atoms with E-state index in [2.05, 4.69) is 15.2 Å². The van der Waals surface area contributed by atoms with E-state index in [0.717, 1.165) is 12.2 Å². The summed E-state index contributed by atoms with van der Waals surface area (Å²) in [6.45, 7) is 4.59. The van der Waals surface area contributed by atoms with Gasteiger partial charge in [0.1, 0.15) is 11.1 Å². The highest BCUT2D eigenvalue weighted by Gasteiger charge is 2.28. The third kappa shape index (κ3) is 2.31. The zero-order valence-electron chi connectivity index (χ0n) is 8.69. The van der Waals surface area contributed by atoms with Crippen LogP contribution in [0.4, 0.5) is 0 Å². The number of carbonyl (C=O) groups is 1. The summed E-state index contributed by atoms with van der Waals surface area (Å²) in [5.41, 5.74) is 0. The molecular weight excluding hydrogens is 214 g/mol. The summed E-state index contributed by atoms with van der Waals surface area (Å²) in [7, 11) is 0. The Morgan fingerprint density at radius 3 is 2.93 bits per heavy atom. The third-order valence-corrected chi connectivity index (χ3v) is 3.27. The van der Waals surface area contributed by atoms with Crippen LogP contribution in [0.25, 0.3) is 0 Å². The van der Waals surface area contributed by atoms with E-state index < -0.39 is 0 Å². The van der Waals surface area contributed by atoms with Crippen LogP contribution in [-0.2, 0) is 9.53 Å². The van der Waals surface area contributed by atoms with Crippen molar-refractivity contribution in [3.8, 4) is 0 Å². The van der Waals surface area contributed by atoms with Gasteiger partial charge < -0.3 is 4.74 Å². The van der Waals surface area contributed by atoms with Gasteiger partial charge in [-0.3, -0.25) is 9.89 Å². The molecule has 1 fully saturated rings. The van der Waals surface area contributed by atoms with Crippen molar-refractivity contribution in [3.05, 3.63) is 5.82 Å². The highest BCUT2D eigenvalue weighted by atomic mass is 32.2. The molecule has 0 unspecified atom stereocenters. The Labute approximate surface area is 92.0 Å². The second kappa shape index (κ2) is 4.22. The van der Waals surface area contributed by atoms with E-state index in [1.807, 2.05) is 13.8 Å². The SMILES string of the molecule is CC(C)c1nc(S[C@H]2CCOC2=O)n[nH]1. The highest BCUT2D eigenvalue weighted by molar-refractivity contribution is 8.00. The molecule has 6 heteroatoms. The Morgan fingerprint density at radius 1 is 1.60 bits per heavy atom.